The molecule has 0 N–H and O–H groups in total. The summed E-state index contributed by atoms with van der Waals surface area (Å²) in [6.45, 7) is 2.67. The highest BCUT2D eigenvalue weighted by Crippen LogP contribution is 2.44. The Kier molecular flexibility index (Phi) is 3.90. The number of aryl methyl sites for hydroxylation is 1. The maximum Gasteiger partial charge on any atom is 0.242 e. The quantitative estimate of drug-likeness (QED) is 0.750. The fourth-order valence-electron chi connectivity index (χ4n) is 3.85. The summed E-state index contributed by atoms with van der Waals surface area (Å²) in [4.78, 5) is 14.5. The molecule has 0 radical (unpaired) electrons. The molecule has 2 aromatic carbocycles. The van der Waals surface area contributed by atoms with Gasteiger partial charge in [0.05, 0.1) is 5.25 Å². The lowest BCUT2D eigenvalue weighted by Crippen LogP contribution is -2.34. The van der Waals surface area contributed by atoms with Crippen LogP contribution in [0.4, 0.5) is 0 Å². The third-order valence-corrected chi connectivity index (χ3v) is 6.72. The van der Waals surface area contributed by atoms with E-state index < -0.39 is 0 Å². The summed E-state index contributed by atoms with van der Waals surface area (Å²) in [5.74, 6) is 0.490. The first-order chi connectivity index (χ1) is 11.2. The number of rotatable bonds is 2. The van der Waals surface area contributed by atoms with Gasteiger partial charge >= 0.3 is 0 Å². The number of carbonyl (C=O) groups is 1. The highest BCUT2D eigenvalue weighted by molar-refractivity contribution is 8.24. The lowest BCUT2D eigenvalue weighted by Gasteiger charge is -2.29. The molecule has 2 nitrogen and oxygen atoms in total. The van der Waals surface area contributed by atoms with Gasteiger partial charge in [0.25, 0.3) is 0 Å². The molecule has 118 valence electrons. The molecule has 0 spiro atoms. The van der Waals surface area contributed by atoms with Gasteiger partial charge in [0.2, 0.25) is 5.91 Å². The molecule has 0 bridgehead atoms. The Labute approximate surface area is 146 Å². The monoisotopic (exact) mass is 341 g/mol. The van der Waals surface area contributed by atoms with Gasteiger partial charge in [-0.05, 0) is 48.1 Å². The van der Waals surface area contributed by atoms with E-state index in [0.717, 1.165) is 23.6 Å². The third kappa shape index (κ3) is 2.48. The Balaban J connectivity index is 1.77. The number of nitrogens with zero attached hydrogens (tertiary/aromatic N) is 1. The van der Waals surface area contributed by atoms with Crippen LogP contribution < -0.4 is 0 Å². The van der Waals surface area contributed by atoms with Gasteiger partial charge in [-0.15, -0.1) is 0 Å². The van der Waals surface area contributed by atoms with Crippen molar-refractivity contribution >= 4 is 45.0 Å². The van der Waals surface area contributed by atoms with E-state index in [4.69, 9.17) is 12.2 Å². The second-order valence-corrected chi connectivity index (χ2v) is 8.06. The standard InChI is InChI=1S/C19H19NOS2/c1-2-20-18(21)17(23-19(20)22)15-9-5-8-14-10-12-6-3-4-7-13(12)11-16(14)15/h3-4,6-7,10-11,15,17H,2,5,8-9H2,1H3. The number of amides is 1. The molecule has 2 atom stereocenters. The van der Waals surface area contributed by atoms with Crippen molar-refractivity contribution in [2.24, 2.45) is 0 Å². The molecule has 1 aliphatic carbocycles. The van der Waals surface area contributed by atoms with E-state index in [0.29, 0.717) is 6.54 Å². The second kappa shape index (κ2) is 5.91. The van der Waals surface area contributed by atoms with E-state index in [-0.39, 0.29) is 17.1 Å². The summed E-state index contributed by atoms with van der Waals surface area (Å²) in [5.41, 5.74) is 2.77. The predicted molar refractivity (Wildman–Crippen MR) is 101 cm³/mol. The average Bonchev–Trinajstić information content (AvgIpc) is 2.86. The van der Waals surface area contributed by atoms with Gasteiger partial charge in [-0.25, -0.2) is 0 Å². The predicted octanol–water partition coefficient (Wildman–Crippen LogP) is 4.51. The molecule has 4 rings (SSSR count). The third-order valence-electron chi connectivity index (χ3n) is 5.01. The average molecular weight is 342 g/mol. The first kappa shape index (κ1) is 15.2. The van der Waals surface area contributed by atoms with E-state index in [1.54, 1.807) is 16.7 Å². The van der Waals surface area contributed by atoms with Crippen molar-refractivity contribution in [1.82, 2.24) is 4.90 Å². The van der Waals surface area contributed by atoms with Crippen LogP contribution in [0.15, 0.2) is 36.4 Å². The van der Waals surface area contributed by atoms with Gasteiger partial charge in [-0.2, -0.15) is 0 Å². The molecule has 23 heavy (non-hydrogen) atoms. The Hall–Kier alpha value is -1.39. The summed E-state index contributed by atoms with van der Waals surface area (Å²) in [6, 6.07) is 13.1. The minimum atomic E-state index is -0.0392. The highest BCUT2D eigenvalue weighted by atomic mass is 32.2. The summed E-state index contributed by atoms with van der Waals surface area (Å²) in [7, 11) is 0. The first-order valence-corrected chi connectivity index (χ1v) is 9.51. The molecule has 2 aliphatic rings. The molecule has 2 aromatic rings. The van der Waals surface area contributed by atoms with Crippen LogP contribution in [0.5, 0.6) is 0 Å². The zero-order chi connectivity index (χ0) is 16.0. The van der Waals surface area contributed by atoms with Crippen LogP contribution >= 0.6 is 24.0 Å². The van der Waals surface area contributed by atoms with E-state index >= 15 is 0 Å². The number of benzene rings is 2. The summed E-state index contributed by atoms with van der Waals surface area (Å²) in [5, 5.41) is 2.52. The topological polar surface area (TPSA) is 20.3 Å². The molecule has 1 amide bonds. The number of thioether (sulfide) groups is 1. The largest absolute Gasteiger partial charge is 0.297 e. The van der Waals surface area contributed by atoms with Crippen molar-refractivity contribution in [3.63, 3.8) is 0 Å². The van der Waals surface area contributed by atoms with E-state index in [1.165, 1.54) is 21.9 Å². The summed E-state index contributed by atoms with van der Waals surface area (Å²) in [6.07, 6.45) is 3.35. The van der Waals surface area contributed by atoms with Gasteiger partial charge in [-0.3, -0.25) is 9.69 Å². The number of hydrogen-bond acceptors (Lipinski definition) is 3. The van der Waals surface area contributed by atoms with E-state index in [9.17, 15) is 4.79 Å². The Morgan fingerprint density at radius 2 is 2.00 bits per heavy atom. The van der Waals surface area contributed by atoms with E-state index in [1.807, 2.05) is 6.92 Å². The molecule has 0 saturated carbocycles. The molecule has 0 aromatic heterocycles. The van der Waals surface area contributed by atoms with Crippen LogP contribution in [0.1, 0.15) is 36.8 Å². The van der Waals surface area contributed by atoms with Gasteiger partial charge in [0.15, 0.2) is 0 Å². The Bertz CT molecular complexity index is 801. The molecule has 2 unspecified atom stereocenters. The van der Waals surface area contributed by atoms with Crippen molar-refractivity contribution < 1.29 is 4.79 Å². The van der Waals surface area contributed by atoms with Crippen molar-refractivity contribution in [3.05, 3.63) is 47.5 Å². The van der Waals surface area contributed by atoms with Crippen molar-refractivity contribution in [2.45, 2.75) is 37.4 Å². The van der Waals surface area contributed by atoms with Crippen LogP contribution in [-0.4, -0.2) is 26.9 Å². The summed E-state index contributed by atoms with van der Waals surface area (Å²) >= 11 is 7.00. The zero-order valence-electron chi connectivity index (χ0n) is 13.1. The molecule has 4 heteroatoms. The molecule has 1 aliphatic heterocycles. The molecule has 1 heterocycles. The van der Waals surface area contributed by atoms with E-state index in [2.05, 4.69) is 36.4 Å². The second-order valence-electron chi connectivity index (χ2n) is 6.28. The normalized spacial score (nSPS) is 24.3. The van der Waals surface area contributed by atoms with Crippen LogP contribution in [0, 0.1) is 0 Å². The van der Waals surface area contributed by atoms with Gasteiger partial charge in [0, 0.05) is 12.5 Å². The molecule has 1 saturated heterocycles. The minimum Gasteiger partial charge on any atom is -0.297 e. The maximum absolute atomic E-state index is 12.7. The fourth-order valence-corrected chi connectivity index (χ4v) is 5.62. The smallest absolute Gasteiger partial charge is 0.242 e. The lowest BCUT2D eigenvalue weighted by atomic mass is 9.79. The van der Waals surface area contributed by atoms with Crippen molar-refractivity contribution in [3.8, 4) is 0 Å². The van der Waals surface area contributed by atoms with Crippen LogP contribution in [0.3, 0.4) is 0 Å². The fraction of sp³-hybridized carbons (Fsp3) is 0.368. The minimum absolute atomic E-state index is 0.0392. The SMILES string of the molecule is CCN1C(=O)C(C2CCCc3cc4ccccc4cc32)SC1=S. The Morgan fingerprint density at radius 1 is 1.26 bits per heavy atom. The molecular formula is C19H19NOS2. The Morgan fingerprint density at radius 3 is 2.70 bits per heavy atom. The van der Waals surface area contributed by atoms with Crippen molar-refractivity contribution in [2.75, 3.05) is 6.54 Å². The highest BCUT2D eigenvalue weighted by Gasteiger charge is 2.42. The number of carbonyl (C=O) groups excluding carboxylic acids is 1. The van der Waals surface area contributed by atoms with Crippen LogP contribution in [0.2, 0.25) is 0 Å². The van der Waals surface area contributed by atoms with Crippen molar-refractivity contribution in [1.29, 1.82) is 0 Å². The number of hydrogen-bond donors (Lipinski definition) is 0. The van der Waals surface area contributed by atoms with Crippen LogP contribution in [0.25, 0.3) is 10.8 Å². The molecular weight excluding hydrogens is 322 g/mol. The number of thiocarbonyl (C=S) groups is 1. The van der Waals surface area contributed by atoms with Gasteiger partial charge in [-0.1, -0.05) is 60.4 Å². The van der Waals surface area contributed by atoms with Gasteiger partial charge < -0.3 is 0 Å². The maximum atomic E-state index is 12.7. The number of fused-ring (bicyclic) bond motifs is 2. The summed E-state index contributed by atoms with van der Waals surface area (Å²) < 4.78 is 0.746. The lowest BCUT2D eigenvalue weighted by molar-refractivity contribution is -0.126. The molecule has 1 fully saturated rings. The van der Waals surface area contributed by atoms with Gasteiger partial charge in [0.1, 0.15) is 4.32 Å². The first-order valence-electron chi connectivity index (χ1n) is 8.22. The van der Waals surface area contributed by atoms with Crippen LogP contribution in [-0.2, 0) is 11.2 Å². The zero-order valence-corrected chi connectivity index (χ0v) is 14.8.